The quantitative estimate of drug-likeness (QED) is 0.341. The lowest BCUT2D eigenvalue weighted by Gasteiger charge is -2.10. The summed E-state index contributed by atoms with van der Waals surface area (Å²) in [7, 11) is 3.09. The summed E-state index contributed by atoms with van der Waals surface area (Å²) in [6, 6.07) is 8.91. The Hall–Kier alpha value is -3.40. The molecule has 3 aromatic rings. The molecule has 29 heavy (non-hydrogen) atoms. The minimum absolute atomic E-state index is 0.290. The van der Waals surface area contributed by atoms with Crippen molar-refractivity contribution in [2.24, 2.45) is 5.10 Å². The van der Waals surface area contributed by atoms with Crippen molar-refractivity contribution in [3.8, 4) is 23.0 Å². The minimum Gasteiger partial charge on any atom is -0.493 e. The lowest BCUT2D eigenvalue weighted by Crippen LogP contribution is -2.26. The Balaban J connectivity index is 1.59. The summed E-state index contributed by atoms with van der Waals surface area (Å²) in [6.07, 6.45) is 4.76. The van der Waals surface area contributed by atoms with Gasteiger partial charge >= 0.3 is 0 Å². The highest BCUT2D eigenvalue weighted by molar-refractivity contribution is 8.00. The van der Waals surface area contributed by atoms with Gasteiger partial charge in [-0.25, -0.2) is 5.43 Å². The fourth-order valence-electron chi connectivity index (χ4n) is 2.34. The molecule has 0 aliphatic carbocycles. The fourth-order valence-corrected chi connectivity index (χ4v) is 3.02. The molecule has 1 unspecified atom stereocenters. The first-order valence-electron chi connectivity index (χ1n) is 8.57. The molecule has 1 N–H and O–H groups in total. The number of methoxy groups -OCH3 is 2. The van der Waals surface area contributed by atoms with Crippen LogP contribution >= 0.6 is 11.8 Å². The molecule has 0 spiro atoms. The number of nitrogens with zero attached hydrogens (tertiary/aromatic N) is 4. The number of thioether (sulfide) groups is 1. The number of rotatable bonds is 8. The largest absolute Gasteiger partial charge is 0.493 e. The molecule has 2 heterocycles. The van der Waals surface area contributed by atoms with Gasteiger partial charge in [-0.1, -0.05) is 17.8 Å². The Morgan fingerprint density at radius 2 is 2.00 bits per heavy atom. The van der Waals surface area contributed by atoms with E-state index in [1.54, 1.807) is 56.8 Å². The number of aromatic nitrogens is 3. The first-order valence-corrected chi connectivity index (χ1v) is 9.44. The number of para-hydroxylation sites is 1. The Bertz CT molecular complexity index is 993. The van der Waals surface area contributed by atoms with Gasteiger partial charge in [0.1, 0.15) is 0 Å². The van der Waals surface area contributed by atoms with E-state index in [-0.39, 0.29) is 11.1 Å². The summed E-state index contributed by atoms with van der Waals surface area (Å²) >= 11 is 1.14. The zero-order chi connectivity index (χ0) is 20.6. The van der Waals surface area contributed by atoms with Gasteiger partial charge in [0.2, 0.25) is 5.89 Å². The van der Waals surface area contributed by atoms with Gasteiger partial charge in [0, 0.05) is 23.5 Å². The molecule has 0 bridgehead atoms. The van der Waals surface area contributed by atoms with Crippen molar-refractivity contribution >= 4 is 23.9 Å². The summed E-state index contributed by atoms with van der Waals surface area (Å²) in [5, 5.41) is 11.7. The number of carbonyl (C=O) groups excluding carboxylic acids is 1. The van der Waals surface area contributed by atoms with Gasteiger partial charge in [-0.05, 0) is 31.2 Å². The fraction of sp³-hybridized carbons (Fsp3) is 0.211. The van der Waals surface area contributed by atoms with Crippen LogP contribution in [-0.4, -0.2) is 46.8 Å². The second-order valence-corrected chi connectivity index (χ2v) is 6.98. The highest BCUT2D eigenvalue weighted by atomic mass is 32.2. The molecule has 1 aromatic carbocycles. The van der Waals surface area contributed by atoms with Gasteiger partial charge in [-0.3, -0.25) is 9.78 Å². The van der Waals surface area contributed by atoms with Gasteiger partial charge in [-0.2, -0.15) is 5.10 Å². The van der Waals surface area contributed by atoms with Crippen molar-refractivity contribution < 1.29 is 18.7 Å². The van der Waals surface area contributed by atoms with Crippen LogP contribution in [-0.2, 0) is 4.79 Å². The summed E-state index contributed by atoms with van der Waals surface area (Å²) in [6.45, 7) is 1.72. The second-order valence-electron chi connectivity index (χ2n) is 5.69. The van der Waals surface area contributed by atoms with Crippen LogP contribution in [0.25, 0.3) is 11.5 Å². The zero-order valence-corrected chi connectivity index (χ0v) is 16.8. The number of carbonyl (C=O) groups is 1. The van der Waals surface area contributed by atoms with Gasteiger partial charge < -0.3 is 13.9 Å². The third-order valence-electron chi connectivity index (χ3n) is 3.79. The molecule has 0 fully saturated rings. The summed E-state index contributed by atoms with van der Waals surface area (Å²) in [5.74, 6) is 1.17. The van der Waals surface area contributed by atoms with Crippen molar-refractivity contribution in [2.45, 2.75) is 17.4 Å². The smallest absolute Gasteiger partial charge is 0.277 e. The molecule has 2 aromatic heterocycles. The van der Waals surface area contributed by atoms with Crippen molar-refractivity contribution in [3.05, 3.63) is 48.3 Å². The van der Waals surface area contributed by atoms with E-state index >= 15 is 0 Å². The average molecular weight is 413 g/mol. The number of benzene rings is 1. The van der Waals surface area contributed by atoms with Gasteiger partial charge in [0.05, 0.1) is 25.7 Å². The molecule has 1 atom stereocenters. The number of amides is 1. The van der Waals surface area contributed by atoms with E-state index < -0.39 is 5.25 Å². The molecule has 3 rings (SSSR count). The highest BCUT2D eigenvalue weighted by Gasteiger charge is 2.18. The molecular formula is C19H19N5O4S. The lowest BCUT2D eigenvalue weighted by atomic mass is 10.2. The number of nitrogens with one attached hydrogen (secondary N) is 1. The summed E-state index contributed by atoms with van der Waals surface area (Å²) < 4.78 is 16.1. The van der Waals surface area contributed by atoms with E-state index in [1.807, 2.05) is 0 Å². The van der Waals surface area contributed by atoms with Crippen molar-refractivity contribution in [1.82, 2.24) is 20.6 Å². The Kier molecular flexibility index (Phi) is 6.80. The number of ether oxygens (including phenoxy) is 2. The van der Waals surface area contributed by atoms with Crippen LogP contribution in [0.1, 0.15) is 12.5 Å². The van der Waals surface area contributed by atoms with E-state index in [0.29, 0.717) is 23.0 Å². The Labute approximate surface area is 171 Å². The number of hydrogen-bond donors (Lipinski definition) is 1. The molecule has 0 aliphatic rings. The summed E-state index contributed by atoms with van der Waals surface area (Å²) in [5.41, 5.74) is 3.92. The normalized spacial score (nSPS) is 12.0. The molecule has 10 heteroatoms. The summed E-state index contributed by atoms with van der Waals surface area (Å²) in [4.78, 5) is 16.2. The molecule has 150 valence electrons. The monoisotopic (exact) mass is 413 g/mol. The predicted octanol–water partition coefficient (Wildman–Crippen LogP) is 2.78. The zero-order valence-electron chi connectivity index (χ0n) is 16.0. The predicted molar refractivity (Wildman–Crippen MR) is 108 cm³/mol. The van der Waals surface area contributed by atoms with Gasteiger partial charge in [0.15, 0.2) is 11.5 Å². The average Bonchev–Trinajstić information content (AvgIpc) is 3.22. The maximum atomic E-state index is 12.3. The first kappa shape index (κ1) is 20.3. The van der Waals surface area contributed by atoms with Gasteiger partial charge in [-0.15, -0.1) is 10.2 Å². The number of hydrogen-bond acceptors (Lipinski definition) is 9. The van der Waals surface area contributed by atoms with E-state index in [0.717, 1.165) is 17.3 Å². The van der Waals surface area contributed by atoms with Crippen LogP contribution in [0.15, 0.2) is 57.5 Å². The van der Waals surface area contributed by atoms with E-state index in [4.69, 9.17) is 13.9 Å². The third kappa shape index (κ3) is 5.11. The van der Waals surface area contributed by atoms with E-state index in [2.05, 4.69) is 25.7 Å². The van der Waals surface area contributed by atoms with Crippen LogP contribution in [0, 0.1) is 0 Å². The second kappa shape index (κ2) is 9.69. The maximum Gasteiger partial charge on any atom is 0.277 e. The van der Waals surface area contributed by atoms with Crippen LogP contribution in [0.3, 0.4) is 0 Å². The lowest BCUT2D eigenvalue weighted by molar-refractivity contribution is -0.120. The van der Waals surface area contributed by atoms with Crippen LogP contribution < -0.4 is 14.9 Å². The SMILES string of the molecule is COc1cccc(C=NNC(=O)C(C)Sc2nnc(-c3ccncc3)o2)c1OC. The molecule has 0 aliphatic heterocycles. The first-order chi connectivity index (χ1) is 14.1. The Morgan fingerprint density at radius 1 is 1.21 bits per heavy atom. The molecule has 0 saturated carbocycles. The van der Waals surface area contributed by atoms with E-state index in [9.17, 15) is 4.79 Å². The highest BCUT2D eigenvalue weighted by Crippen LogP contribution is 2.29. The molecule has 0 saturated heterocycles. The molecular weight excluding hydrogens is 394 g/mol. The topological polar surface area (TPSA) is 112 Å². The molecule has 1 amide bonds. The number of pyridine rings is 1. The van der Waals surface area contributed by atoms with Crippen molar-refractivity contribution in [1.29, 1.82) is 0 Å². The van der Waals surface area contributed by atoms with Crippen LogP contribution in [0.5, 0.6) is 11.5 Å². The van der Waals surface area contributed by atoms with E-state index in [1.165, 1.54) is 13.3 Å². The van der Waals surface area contributed by atoms with Gasteiger partial charge in [0.25, 0.3) is 11.1 Å². The van der Waals surface area contributed by atoms with Crippen LogP contribution in [0.4, 0.5) is 0 Å². The standard InChI is InChI=1S/C19H19N5O4S/c1-12(29-19-24-23-18(28-19)13-7-9-20-10-8-13)17(25)22-21-11-14-5-4-6-15(26-2)16(14)27-3/h4-12H,1-3H3,(H,22,25). The maximum absolute atomic E-state index is 12.3. The molecule has 9 nitrogen and oxygen atoms in total. The minimum atomic E-state index is -0.495. The molecule has 0 radical (unpaired) electrons. The van der Waals surface area contributed by atoms with Crippen molar-refractivity contribution in [3.63, 3.8) is 0 Å². The van der Waals surface area contributed by atoms with Crippen molar-refractivity contribution in [2.75, 3.05) is 14.2 Å². The number of hydrazone groups is 1. The Morgan fingerprint density at radius 3 is 2.72 bits per heavy atom. The van der Waals surface area contributed by atoms with Crippen LogP contribution in [0.2, 0.25) is 0 Å². The third-order valence-corrected chi connectivity index (χ3v) is 4.73.